The van der Waals surface area contributed by atoms with Crippen molar-refractivity contribution in [2.45, 2.75) is 19.3 Å². The van der Waals surface area contributed by atoms with Gasteiger partial charge in [0.05, 0.1) is 6.61 Å². The van der Waals surface area contributed by atoms with E-state index in [1.54, 1.807) is 19.1 Å². The zero-order chi connectivity index (χ0) is 11.7. The first-order chi connectivity index (χ1) is 7.61. The van der Waals surface area contributed by atoms with Crippen molar-refractivity contribution >= 4 is 0 Å². The van der Waals surface area contributed by atoms with E-state index in [1.807, 2.05) is 0 Å². The van der Waals surface area contributed by atoms with Crippen LogP contribution in [0, 0.1) is 6.92 Å². The average Bonchev–Trinajstić information content (AvgIpc) is 2.71. The van der Waals surface area contributed by atoms with Crippen LogP contribution in [0.1, 0.15) is 13.2 Å². The van der Waals surface area contributed by atoms with E-state index < -0.39 is 23.6 Å². The van der Waals surface area contributed by atoms with Gasteiger partial charge in [0, 0.05) is 11.8 Å². The van der Waals surface area contributed by atoms with Gasteiger partial charge in [-0.05, 0) is 13.0 Å². The van der Waals surface area contributed by atoms with Gasteiger partial charge >= 0.3 is 7.12 Å². The molecule has 0 saturated heterocycles. The van der Waals surface area contributed by atoms with Gasteiger partial charge in [0.2, 0.25) is 0 Å². The largest absolute Gasteiger partial charge is 1.00 e. The van der Waals surface area contributed by atoms with Gasteiger partial charge in [-0.3, -0.25) is 14.3 Å². The Balaban J connectivity index is 0.00000144. The van der Waals surface area contributed by atoms with Crippen LogP contribution in [0.25, 0.3) is 0 Å². The Morgan fingerprint density at radius 1 is 1.53 bits per heavy atom. The van der Waals surface area contributed by atoms with Gasteiger partial charge in [-0.25, -0.2) is 4.79 Å². The van der Waals surface area contributed by atoms with Gasteiger partial charge in [0.15, 0.2) is 6.23 Å². The van der Waals surface area contributed by atoms with Crippen LogP contribution in [-0.4, -0.2) is 27.4 Å². The summed E-state index contributed by atoms with van der Waals surface area (Å²) in [6.45, 7) is 1.47. The van der Waals surface area contributed by atoms with Crippen LogP contribution in [0.5, 0.6) is 0 Å². The second kappa shape index (κ2) is 5.31. The molecule has 0 aromatic carbocycles. The molecule has 0 aliphatic carbocycles. The molecule has 2 atom stereocenters. The van der Waals surface area contributed by atoms with Crippen LogP contribution in [0.2, 0.25) is 0 Å². The van der Waals surface area contributed by atoms with Gasteiger partial charge in [-0.2, -0.15) is 0 Å². The van der Waals surface area contributed by atoms with Gasteiger partial charge in [-0.15, -0.1) is 0 Å². The second-order valence-electron chi connectivity index (χ2n) is 3.61. The number of nitrogens with zero attached hydrogens (tertiary/aromatic N) is 1. The summed E-state index contributed by atoms with van der Waals surface area (Å²) in [7, 11) is 0. The van der Waals surface area contributed by atoms with E-state index >= 15 is 0 Å². The van der Waals surface area contributed by atoms with Crippen molar-refractivity contribution in [3.8, 4) is 0 Å². The molecule has 7 heteroatoms. The summed E-state index contributed by atoms with van der Waals surface area (Å²) in [6, 6.07) is 0. The van der Waals surface area contributed by atoms with Gasteiger partial charge in [-0.1, -0.05) is 6.08 Å². The molecular formula is C10H13ClN2O4. The van der Waals surface area contributed by atoms with Crippen molar-refractivity contribution < 1.29 is 23.7 Å². The Hall–Kier alpha value is -1.37. The highest BCUT2D eigenvalue weighted by Gasteiger charge is 2.20. The highest BCUT2D eigenvalue weighted by Crippen LogP contribution is 2.18. The van der Waals surface area contributed by atoms with E-state index in [4.69, 9.17) is 9.84 Å². The first kappa shape index (κ1) is 13.7. The molecule has 0 bridgehead atoms. The third-order valence-electron chi connectivity index (χ3n) is 2.40. The topological polar surface area (TPSA) is 84.3 Å². The van der Waals surface area contributed by atoms with Crippen LogP contribution >= 0.6 is 0 Å². The zero-order valence-corrected chi connectivity index (χ0v) is 9.85. The number of hydrogen-bond acceptors (Lipinski definition) is 4. The lowest BCUT2D eigenvalue weighted by atomic mass is 10.3. The molecule has 6 nitrogen and oxygen atoms in total. The van der Waals surface area contributed by atoms with E-state index in [1.165, 1.54) is 10.8 Å². The number of ether oxygens (including phenoxy) is 1. The number of aryl methyl sites for hydroxylation is 1. The van der Waals surface area contributed by atoms with Crippen molar-refractivity contribution in [2.24, 2.45) is 0 Å². The van der Waals surface area contributed by atoms with Crippen LogP contribution in [-0.2, 0) is 4.74 Å². The predicted octanol–water partition coefficient (Wildman–Crippen LogP) is -3.59. The lowest BCUT2D eigenvalue weighted by Gasteiger charge is -2.14. The number of aromatic amines is 1. The lowest BCUT2D eigenvalue weighted by molar-refractivity contribution is -0.0104. The molecule has 2 N–H and O–H groups in total. The van der Waals surface area contributed by atoms with Crippen molar-refractivity contribution in [2.75, 3.05) is 6.61 Å². The molecule has 0 radical (unpaired) electrons. The second-order valence-corrected chi connectivity index (χ2v) is 3.61. The van der Waals surface area contributed by atoms with Crippen molar-refractivity contribution in [3.63, 3.8) is 0 Å². The Labute approximate surface area is 104 Å². The maximum absolute atomic E-state index is 11.5. The minimum Gasteiger partial charge on any atom is -1.00 e. The number of aliphatic hydroxyl groups excluding tert-OH is 1. The summed E-state index contributed by atoms with van der Waals surface area (Å²) in [4.78, 5) is 24.9. The molecule has 0 spiro atoms. The Morgan fingerprint density at radius 2 is 2.24 bits per heavy atom. The number of H-pyrrole nitrogens is 1. The van der Waals surface area contributed by atoms with Gasteiger partial charge in [0.1, 0.15) is 6.10 Å². The highest BCUT2D eigenvalue weighted by atomic mass is 35.5. The normalized spacial score (nSPS) is 22.5. The van der Waals surface area contributed by atoms with Crippen molar-refractivity contribution in [3.05, 3.63) is 44.8 Å². The van der Waals surface area contributed by atoms with E-state index in [-0.39, 0.29) is 20.4 Å². The minimum absolute atomic E-state index is 0. The molecule has 17 heavy (non-hydrogen) atoms. The van der Waals surface area contributed by atoms with E-state index in [0.29, 0.717) is 5.56 Å². The van der Waals surface area contributed by atoms with Crippen LogP contribution in [0.15, 0.2) is 27.9 Å². The molecular weight excluding hydrogens is 248 g/mol. The third kappa shape index (κ3) is 2.66. The average molecular weight is 261 g/mol. The molecule has 2 heterocycles. The van der Waals surface area contributed by atoms with Gasteiger partial charge in [0.25, 0.3) is 5.56 Å². The zero-order valence-electron chi connectivity index (χ0n) is 10.1. The monoisotopic (exact) mass is 260 g/mol. The molecule has 0 unspecified atom stereocenters. The van der Waals surface area contributed by atoms with Crippen molar-refractivity contribution in [1.82, 2.24) is 9.55 Å². The smallest absolute Gasteiger partial charge is 1.00 e. The molecule has 0 amide bonds. The summed E-state index contributed by atoms with van der Waals surface area (Å²) in [6.07, 6.45) is 3.82. The third-order valence-corrected chi connectivity index (χ3v) is 2.40. The maximum Gasteiger partial charge on any atom is 1.00 e. The quantitative estimate of drug-likeness (QED) is 0.539. The Bertz CT molecular complexity index is 539. The molecule has 1 aliphatic rings. The van der Waals surface area contributed by atoms with E-state index in [9.17, 15) is 9.59 Å². The fourth-order valence-electron chi connectivity index (χ4n) is 1.53. The number of rotatable bonds is 2. The number of aromatic nitrogens is 2. The SMILES string of the molecule is Cc1cn([C@H]2C=C[C@@H](CO)O2)c(=O)[nH]c1=O.[Cl-].[H+]. The summed E-state index contributed by atoms with van der Waals surface area (Å²) in [5.74, 6) is 0. The summed E-state index contributed by atoms with van der Waals surface area (Å²) in [5.41, 5.74) is -0.491. The number of nitrogens with one attached hydrogen (secondary N) is 1. The van der Waals surface area contributed by atoms with E-state index in [0.717, 1.165) is 0 Å². The van der Waals surface area contributed by atoms with Crippen LogP contribution in [0.4, 0.5) is 0 Å². The van der Waals surface area contributed by atoms with Crippen molar-refractivity contribution in [1.29, 1.82) is 0 Å². The minimum atomic E-state index is -0.569. The predicted molar refractivity (Wildman–Crippen MR) is 57.3 cm³/mol. The lowest BCUT2D eigenvalue weighted by Crippen LogP contribution is -3.00. The molecule has 2 rings (SSSR count). The molecule has 0 fully saturated rings. The van der Waals surface area contributed by atoms with Crippen LogP contribution in [0.3, 0.4) is 0 Å². The molecule has 1 aromatic rings. The number of aliphatic hydroxyl groups is 1. The Kier molecular flexibility index (Phi) is 4.28. The first-order valence-electron chi connectivity index (χ1n) is 4.88. The highest BCUT2D eigenvalue weighted by molar-refractivity contribution is 5.06. The summed E-state index contributed by atoms with van der Waals surface area (Å²) >= 11 is 0. The fraction of sp³-hybridized carbons (Fsp3) is 0.400. The summed E-state index contributed by atoms with van der Waals surface area (Å²) < 4.78 is 6.63. The summed E-state index contributed by atoms with van der Waals surface area (Å²) in [5, 5.41) is 8.88. The number of halogens is 1. The molecule has 1 aromatic heterocycles. The molecule has 94 valence electrons. The first-order valence-corrected chi connectivity index (χ1v) is 4.88. The fourth-order valence-corrected chi connectivity index (χ4v) is 1.53. The van der Waals surface area contributed by atoms with Crippen LogP contribution < -0.4 is 23.7 Å². The number of hydrogen-bond donors (Lipinski definition) is 2. The maximum atomic E-state index is 11.5. The molecule has 1 aliphatic heterocycles. The van der Waals surface area contributed by atoms with E-state index in [2.05, 4.69) is 4.98 Å². The van der Waals surface area contributed by atoms with Gasteiger partial charge < -0.3 is 22.3 Å². The Morgan fingerprint density at radius 3 is 2.82 bits per heavy atom. The molecule has 0 saturated carbocycles. The standard InChI is InChI=1S/C10H12N2O4.ClH/c1-6-4-12(10(15)11-9(6)14)8-3-2-7(5-13)16-8;/h2-4,7-8,13H,5H2,1H3,(H,11,14,15);1H/t7-,8+;/m0./s1.